The van der Waals surface area contributed by atoms with Gasteiger partial charge in [-0.1, -0.05) is 12.1 Å². The molecule has 2 N–H and O–H groups in total. The molecular formula is C14H17N3O. The summed E-state index contributed by atoms with van der Waals surface area (Å²) < 4.78 is 5.67. The molecule has 1 unspecified atom stereocenters. The first-order valence-electron chi connectivity index (χ1n) is 5.94. The maximum Gasteiger partial charge on any atom is 0.238 e. The summed E-state index contributed by atoms with van der Waals surface area (Å²) in [6.45, 7) is 3.87. The topological polar surface area (TPSA) is 61.0 Å². The zero-order valence-corrected chi connectivity index (χ0v) is 10.6. The van der Waals surface area contributed by atoms with Crippen LogP contribution in [0, 0.1) is 6.92 Å². The van der Waals surface area contributed by atoms with Crippen LogP contribution in [0.1, 0.15) is 18.2 Å². The van der Waals surface area contributed by atoms with Crippen molar-refractivity contribution in [1.82, 2.24) is 9.97 Å². The van der Waals surface area contributed by atoms with E-state index in [4.69, 9.17) is 10.5 Å². The SMILES string of the molecule is Cc1cncc(Oc2cccc(CC(C)N)c2)n1. The lowest BCUT2D eigenvalue weighted by Crippen LogP contribution is -2.17. The van der Waals surface area contributed by atoms with Crippen LogP contribution in [0.3, 0.4) is 0 Å². The zero-order valence-electron chi connectivity index (χ0n) is 10.6. The lowest BCUT2D eigenvalue weighted by molar-refractivity contribution is 0.458. The molecule has 94 valence electrons. The third-order valence-electron chi connectivity index (χ3n) is 2.41. The second kappa shape index (κ2) is 5.60. The maximum atomic E-state index is 5.78. The number of hydrogen-bond acceptors (Lipinski definition) is 4. The Morgan fingerprint density at radius 2 is 2.17 bits per heavy atom. The minimum atomic E-state index is 0.138. The Morgan fingerprint density at radius 1 is 1.33 bits per heavy atom. The molecule has 0 spiro atoms. The molecule has 2 rings (SSSR count). The first-order valence-corrected chi connectivity index (χ1v) is 5.94. The third kappa shape index (κ3) is 3.53. The molecule has 0 radical (unpaired) electrons. The average Bonchev–Trinajstić information content (AvgIpc) is 2.28. The van der Waals surface area contributed by atoms with E-state index in [1.54, 1.807) is 12.4 Å². The van der Waals surface area contributed by atoms with E-state index in [9.17, 15) is 0 Å². The molecule has 1 aromatic carbocycles. The Kier molecular flexibility index (Phi) is 3.89. The number of aryl methyl sites for hydroxylation is 1. The molecular weight excluding hydrogens is 226 g/mol. The molecule has 0 bridgehead atoms. The van der Waals surface area contributed by atoms with E-state index in [1.807, 2.05) is 38.1 Å². The number of rotatable bonds is 4. The molecule has 18 heavy (non-hydrogen) atoms. The summed E-state index contributed by atoms with van der Waals surface area (Å²) in [5, 5.41) is 0. The number of aromatic nitrogens is 2. The molecule has 0 aliphatic rings. The summed E-state index contributed by atoms with van der Waals surface area (Å²) in [7, 11) is 0. The summed E-state index contributed by atoms with van der Waals surface area (Å²) in [6, 6.07) is 8.01. The van der Waals surface area contributed by atoms with E-state index in [0.29, 0.717) is 5.88 Å². The Bertz CT molecular complexity index is 526. The van der Waals surface area contributed by atoms with Crippen molar-refractivity contribution in [3.05, 3.63) is 47.9 Å². The lowest BCUT2D eigenvalue weighted by Gasteiger charge is -2.08. The largest absolute Gasteiger partial charge is 0.437 e. The first-order chi connectivity index (χ1) is 8.63. The van der Waals surface area contributed by atoms with E-state index < -0.39 is 0 Å². The highest BCUT2D eigenvalue weighted by molar-refractivity contribution is 5.31. The molecule has 4 nitrogen and oxygen atoms in total. The molecule has 2 aromatic rings. The smallest absolute Gasteiger partial charge is 0.238 e. The van der Waals surface area contributed by atoms with Crippen molar-refractivity contribution in [3.63, 3.8) is 0 Å². The van der Waals surface area contributed by atoms with Crippen molar-refractivity contribution >= 4 is 0 Å². The highest BCUT2D eigenvalue weighted by Crippen LogP contribution is 2.20. The highest BCUT2D eigenvalue weighted by atomic mass is 16.5. The van der Waals surface area contributed by atoms with Crippen LogP contribution in [-0.4, -0.2) is 16.0 Å². The van der Waals surface area contributed by atoms with Gasteiger partial charge >= 0.3 is 0 Å². The summed E-state index contributed by atoms with van der Waals surface area (Å²) in [6.07, 6.45) is 4.13. The second-order valence-electron chi connectivity index (χ2n) is 4.43. The summed E-state index contributed by atoms with van der Waals surface area (Å²) in [5.41, 5.74) is 7.77. The van der Waals surface area contributed by atoms with Crippen LogP contribution in [0.2, 0.25) is 0 Å². The van der Waals surface area contributed by atoms with Crippen molar-refractivity contribution in [3.8, 4) is 11.6 Å². The van der Waals surface area contributed by atoms with Gasteiger partial charge < -0.3 is 10.5 Å². The number of ether oxygens (including phenoxy) is 1. The van der Waals surface area contributed by atoms with Crippen LogP contribution >= 0.6 is 0 Å². The van der Waals surface area contributed by atoms with Crippen molar-refractivity contribution in [2.24, 2.45) is 5.73 Å². The van der Waals surface area contributed by atoms with Gasteiger partial charge in [-0.2, -0.15) is 0 Å². The lowest BCUT2D eigenvalue weighted by atomic mass is 10.1. The Morgan fingerprint density at radius 3 is 2.89 bits per heavy atom. The standard InChI is InChI=1S/C14H17N3O/c1-10(15)6-12-4-3-5-13(7-12)18-14-9-16-8-11(2)17-14/h3-5,7-10H,6,15H2,1-2H3. The molecule has 0 aliphatic heterocycles. The molecule has 4 heteroatoms. The van der Waals surface area contributed by atoms with E-state index >= 15 is 0 Å². The fourth-order valence-electron chi connectivity index (χ4n) is 1.72. The minimum absolute atomic E-state index is 0.138. The predicted molar refractivity (Wildman–Crippen MR) is 70.6 cm³/mol. The number of nitrogens with two attached hydrogens (primary N) is 1. The Hall–Kier alpha value is -1.94. The molecule has 0 amide bonds. The minimum Gasteiger partial charge on any atom is -0.437 e. The van der Waals surface area contributed by atoms with Gasteiger partial charge in [-0.15, -0.1) is 0 Å². The van der Waals surface area contributed by atoms with Crippen LogP contribution in [0.5, 0.6) is 11.6 Å². The van der Waals surface area contributed by atoms with Gasteiger partial charge in [-0.05, 0) is 38.0 Å². The van der Waals surface area contributed by atoms with Gasteiger partial charge in [0.2, 0.25) is 5.88 Å². The monoisotopic (exact) mass is 243 g/mol. The van der Waals surface area contributed by atoms with Gasteiger partial charge in [0, 0.05) is 12.2 Å². The van der Waals surface area contributed by atoms with Crippen molar-refractivity contribution in [2.45, 2.75) is 26.3 Å². The van der Waals surface area contributed by atoms with Crippen molar-refractivity contribution in [1.29, 1.82) is 0 Å². The molecule has 1 heterocycles. The predicted octanol–water partition coefficient (Wildman–Crippen LogP) is 2.47. The van der Waals surface area contributed by atoms with Gasteiger partial charge in [0.15, 0.2) is 0 Å². The molecule has 0 saturated carbocycles. The van der Waals surface area contributed by atoms with E-state index in [0.717, 1.165) is 23.4 Å². The maximum absolute atomic E-state index is 5.78. The zero-order chi connectivity index (χ0) is 13.0. The fourth-order valence-corrected chi connectivity index (χ4v) is 1.72. The van der Waals surface area contributed by atoms with Gasteiger partial charge in [0.1, 0.15) is 5.75 Å². The Labute approximate surface area is 107 Å². The highest BCUT2D eigenvalue weighted by Gasteiger charge is 2.02. The van der Waals surface area contributed by atoms with Crippen molar-refractivity contribution < 1.29 is 4.74 Å². The molecule has 0 aliphatic carbocycles. The third-order valence-corrected chi connectivity index (χ3v) is 2.41. The van der Waals surface area contributed by atoms with Gasteiger partial charge in [-0.3, -0.25) is 4.98 Å². The summed E-state index contributed by atoms with van der Waals surface area (Å²) in [5.74, 6) is 1.26. The quantitative estimate of drug-likeness (QED) is 0.896. The average molecular weight is 243 g/mol. The van der Waals surface area contributed by atoms with Crippen LogP contribution in [-0.2, 0) is 6.42 Å². The molecule has 0 fully saturated rings. The summed E-state index contributed by atoms with van der Waals surface area (Å²) in [4.78, 5) is 8.29. The van der Waals surface area contributed by atoms with Crippen LogP contribution in [0.15, 0.2) is 36.7 Å². The number of nitrogens with zero attached hydrogens (tertiary/aromatic N) is 2. The van der Waals surface area contributed by atoms with E-state index in [1.165, 1.54) is 0 Å². The van der Waals surface area contributed by atoms with Crippen LogP contribution in [0.4, 0.5) is 0 Å². The summed E-state index contributed by atoms with van der Waals surface area (Å²) >= 11 is 0. The molecule has 0 saturated heterocycles. The Balaban J connectivity index is 2.14. The second-order valence-corrected chi connectivity index (χ2v) is 4.43. The van der Waals surface area contributed by atoms with Gasteiger partial charge in [0.05, 0.1) is 11.9 Å². The number of benzene rings is 1. The van der Waals surface area contributed by atoms with E-state index in [-0.39, 0.29) is 6.04 Å². The molecule has 1 atom stereocenters. The normalized spacial score (nSPS) is 12.2. The molecule has 1 aromatic heterocycles. The van der Waals surface area contributed by atoms with Gasteiger partial charge in [-0.25, -0.2) is 4.98 Å². The first kappa shape index (κ1) is 12.5. The number of hydrogen-bond donors (Lipinski definition) is 1. The van der Waals surface area contributed by atoms with Crippen LogP contribution < -0.4 is 10.5 Å². The van der Waals surface area contributed by atoms with Gasteiger partial charge in [0.25, 0.3) is 0 Å². The van der Waals surface area contributed by atoms with Crippen LogP contribution in [0.25, 0.3) is 0 Å². The van der Waals surface area contributed by atoms with Crippen molar-refractivity contribution in [2.75, 3.05) is 0 Å². The fraction of sp³-hybridized carbons (Fsp3) is 0.286. The van der Waals surface area contributed by atoms with E-state index in [2.05, 4.69) is 9.97 Å².